The number of para-hydroxylation sites is 1. The smallest absolute Gasteiger partial charge is 0.186 e. The summed E-state index contributed by atoms with van der Waals surface area (Å²) >= 11 is 14.4. The van der Waals surface area contributed by atoms with E-state index in [1.165, 1.54) is 23.8 Å². The maximum atomic E-state index is 14.1. The van der Waals surface area contributed by atoms with Gasteiger partial charge in [-0.05, 0) is 67.4 Å². The SMILES string of the molecule is Fc1cc(Cl)c(-c2noc(C3CC3)c2C2=CC3(CCN(c4nc5c(F)cccc5s4)CC3)C2)c(Cl)c1. The van der Waals surface area contributed by atoms with Gasteiger partial charge < -0.3 is 9.42 Å². The summed E-state index contributed by atoms with van der Waals surface area (Å²) in [4.78, 5) is 6.83. The number of hydrogen-bond donors (Lipinski definition) is 0. The van der Waals surface area contributed by atoms with Crippen molar-refractivity contribution in [1.29, 1.82) is 0 Å². The average Bonchev–Trinajstić information content (AvgIpc) is 3.42. The lowest BCUT2D eigenvalue weighted by Gasteiger charge is -2.46. The first-order chi connectivity index (χ1) is 17.4. The molecule has 2 aromatic heterocycles. The highest BCUT2D eigenvalue weighted by Gasteiger charge is 2.44. The first-order valence-corrected chi connectivity index (χ1v) is 13.6. The van der Waals surface area contributed by atoms with Crippen molar-refractivity contribution in [2.75, 3.05) is 18.0 Å². The molecule has 2 aliphatic carbocycles. The molecule has 0 amide bonds. The third kappa shape index (κ3) is 3.66. The Bertz CT molecular complexity index is 1530. The fourth-order valence-corrected chi connectivity index (χ4v) is 7.23. The van der Waals surface area contributed by atoms with Crippen LogP contribution in [0.3, 0.4) is 0 Å². The number of rotatable bonds is 4. The van der Waals surface area contributed by atoms with Crippen LogP contribution in [-0.2, 0) is 0 Å². The van der Waals surface area contributed by atoms with Crippen molar-refractivity contribution in [3.05, 3.63) is 69.4 Å². The van der Waals surface area contributed by atoms with Gasteiger partial charge in [0.15, 0.2) is 5.13 Å². The van der Waals surface area contributed by atoms with Crippen LogP contribution in [0, 0.1) is 17.0 Å². The van der Waals surface area contributed by atoms with E-state index in [-0.39, 0.29) is 21.3 Å². The van der Waals surface area contributed by atoms with Gasteiger partial charge in [-0.3, -0.25) is 0 Å². The highest BCUT2D eigenvalue weighted by atomic mass is 35.5. The largest absolute Gasteiger partial charge is 0.360 e. The van der Waals surface area contributed by atoms with E-state index < -0.39 is 5.82 Å². The minimum atomic E-state index is -0.481. The molecule has 2 aromatic carbocycles. The minimum absolute atomic E-state index is 0.111. The molecule has 1 saturated heterocycles. The standard InChI is InChI=1S/C27H21Cl2F2N3OS/c28-17-10-16(30)11-18(29)22(17)24-21(25(35-33-24)14-4-5-14)15-12-27(13-15)6-8-34(9-7-27)26-32-23-19(31)2-1-3-20(23)36-26/h1-3,10-12,14H,4-9,13H2. The van der Waals surface area contributed by atoms with Crippen LogP contribution in [0.4, 0.5) is 13.9 Å². The molecule has 4 nitrogen and oxygen atoms in total. The topological polar surface area (TPSA) is 42.2 Å². The van der Waals surface area contributed by atoms with Crippen molar-refractivity contribution >= 4 is 55.5 Å². The van der Waals surface area contributed by atoms with Crippen molar-refractivity contribution in [3.8, 4) is 11.3 Å². The third-order valence-electron chi connectivity index (χ3n) is 7.64. The van der Waals surface area contributed by atoms with E-state index in [1.54, 1.807) is 17.4 Å². The summed E-state index contributed by atoms with van der Waals surface area (Å²) in [7, 11) is 0. The van der Waals surface area contributed by atoms with Gasteiger partial charge in [0.1, 0.15) is 28.6 Å². The van der Waals surface area contributed by atoms with Gasteiger partial charge in [-0.2, -0.15) is 0 Å². The number of halogens is 4. The number of fused-ring (bicyclic) bond motifs is 1. The predicted octanol–water partition coefficient (Wildman–Crippen LogP) is 8.49. The Labute approximate surface area is 220 Å². The highest BCUT2D eigenvalue weighted by molar-refractivity contribution is 7.22. The summed E-state index contributed by atoms with van der Waals surface area (Å²) < 4.78 is 34.6. The molecule has 0 unspecified atom stereocenters. The van der Waals surface area contributed by atoms with Crippen LogP contribution in [-0.4, -0.2) is 23.2 Å². The second-order valence-electron chi connectivity index (χ2n) is 10.1. The molecule has 9 heteroatoms. The lowest BCUT2D eigenvalue weighted by atomic mass is 9.63. The van der Waals surface area contributed by atoms with Gasteiger partial charge >= 0.3 is 0 Å². The number of benzene rings is 2. The first-order valence-electron chi connectivity index (χ1n) is 12.1. The molecule has 4 aromatic rings. The number of nitrogens with zero attached hydrogens (tertiary/aromatic N) is 3. The Balaban J connectivity index is 1.17. The quantitative estimate of drug-likeness (QED) is 0.258. The van der Waals surface area contributed by atoms with Crippen LogP contribution >= 0.6 is 34.5 Å². The number of thiazole rings is 1. The van der Waals surface area contributed by atoms with E-state index in [0.29, 0.717) is 22.7 Å². The Morgan fingerprint density at radius 1 is 1.06 bits per heavy atom. The van der Waals surface area contributed by atoms with Gasteiger partial charge in [-0.15, -0.1) is 0 Å². The van der Waals surface area contributed by atoms with E-state index in [1.807, 2.05) is 6.07 Å². The summed E-state index contributed by atoms with van der Waals surface area (Å²) in [6.45, 7) is 1.74. The maximum absolute atomic E-state index is 14.1. The molecule has 3 aliphatic rings. The zero-order valence-corrected chi connectivity index (χ0v) is 21.5. The molecule has 0 radical (unpaired) electrons. The molecule has 1 saturated carbocycles. The Morgan fingerprint density at radius 3 is 2.44 bits per heavy atom. The molecule has 184 valence electrons. The minimum Gasteiger partial charge on any atom is -0.360 e. The molecule has 36 heavy (non-hydrogen) atoms. The van der Waals surface area contributed by atoms with Gasteiger partial charge in [0.05, 0.1) is 14.7 Å². The number of hydrogen-bond acceptors (Lipinski definition) is 5. The van der Waals surface area contributed by atoms with E-state index >= 15 is 0 Å². The second-order valence-corrected chi connectivity index (χ2v) is 11.9. The Kier molecular flexibility index (Phi) is 5.21. The van der Waals surface area contributed by atoms with Crippen LogP contribution in [0.25, 0.3) is 27.0 Å². The van der Waals surface area contributed by atoms with E-state index in [4.69, 9.17) is 27.7 Å². The van der Waals surface area contributed by atoms with Crippen molar-refractivity contribution in [1.82, 2.24) is 10.1 Å². The number of anilines is 1. The van der Waals surface area contributed by atoms with Gasteiger partial charge in [0, 0.05) is 30.1 Å². The molecule has 1 aliphatic heterocycles. The predicted molar refractivity (Wildman–Crippen MR) is 140 cm³/mol. The van der Waals surface area contributed by atoms with Crippen LogP contribution in [0.5, 0.6) is 0 Å². The number of allylic oxidation sites excluding steroid dienone is 2. The van der Waals surface area contributed by atoms with E-state index in [0.717, 1.165) is 66.3 Å². The lowest BCUT2D eigenvalue weighted by molar-refractivity contribution is 0.277. The Morgan fingerprint density at radius 2 is 1.78 bits per heavy atom. The zero-order valence-electron chi connectivity index (χ0n) is 19.2. The zero-order chi connectivity index (χ0) is 24.6. The van der Waals surface area contributed by atoms with Crippen LogP contribution in [0.1, 0.15) is 49.3 Å². The van der Waals surface area contributed by atoms with Gasteiger partial charge in [0.25, 0.3) is 0 Å². The number of piperidine rings is 1. The summed E-state index contributed by atoms with van der Waals surface area (Å²) in [6.07, 6.45) is 7.40. The molecule has 1 spiro atoms. The maximum Gasteiger partial charge on any atom is 0.186 e. The van der Waals surface area contributed by atoms with Crippen molar-refractivity contribution in [3.63, 3.8) is 0 Å². The third-order valence-corrected chi connectivity index (χ3v) is 9.32. The Hall–Kier alpha value is -2.48. The van der Waals surface area contributed by atoms with E-state index in [2.05, 4.69) is 21.1 Å². The number of aromatic nitrogens is 2. The second kappa shape index (κ2) is 8.27. The fraction of sp³-hybridized carbons (Fsp3) is 0.333. The summed E-state index contributed by atoms with van der Waals surface area (Å²) in [5.41, 5.74) is 3.85. The molecule has 0 bridgehead atoms. The van der Waals surface area contributed by atoms with Gasteiger partial charge in [-0.25, -0.2) is 13.8 Å². The molecule has 3 heterocycles. The highest BCUT2D eigenvalue weighted by Crippen LogP contribution is 2.56. The molecule has 7 rings (SSSR count). The van der Waals surface area contributed by atoms with Gasteiger partial charge in [0.2, 0.25) is 0 Å². The molecule has 0 N–H and O–H groups in total. The monoisotopic (exact) mass is 543 g/mol. The summed E-state index contributed by atoms with van der Waals surface area (Å²) in [5.74, 6) is 0.493. The molecule has 2 fully saturated rings. The lowest BCUT2D eigenvalue weighted by Crippen LogP contribution is -2.42. The normalized spacial score (nSPS) is 19.1. The van der Waals surface area contributed by atoms with Crippen LogP contribution < -0.4 is 4.90 Å². The van der Waals surface area contributed by atoms with Crippen LogP contribution in [0.15, 0.2) is 40.9 Å². The molecule has 0 atom stereocenters. The van der Waals surface area contributed by atoms with Gasteiger partial charge in [-0.1, -0.05) is 51.8 Å². The molecular weight excluding hydrogens is 523 g/mol. The average molecular weight is 544 g/mol. The summed E-state index contributed by atoms with van der Waals surface area (Å²) in [6, 6.07) is 7.63. The van der Waals surface area contributed by atoms with E-state index in [9.17, 15) is 8.78 Å². The van der Waals surface area contributed by atoms with Crippen molar-refractivity contribution in [2.45, 2.75) is 38.0 Å². The summed E-state index contributed by atoms with van der Waals surface area (Å²) in [5, 5.41) is 5.70. The first kappa shape index (κ1) is 22.7. The fourth-order valence-electron chi connectivity index (χ4n) is 5.56. The van der Waals surface area contributed by atoms with Crippen LogP contribution in [0.2, 0.25) is 10.0 Å². The molecular formula is C27H21Cl2F2N3OS. The van der Waals surface area contributed by atoms with Crippen molar-refractivity contribution in [2.24, 2.45) is 5.41 Å². The van der Waals surface area contributed by atoms with Crippen molar-refractivity contribution < 1.29 is 13.3 Å².